The smallest absolute Gasteiger partial charge is 0.00385 e. The largest absolute Gasteiger partial charge is 0.301 e. The summed E-state index contributed by atoms with van der Waals surface area (Å²) in [6.45, 7) is 13.9. The van der Waals surface area contributed by atoms with Crippen molar-refractivity contribution in [2.24, 2.45) is 5.92 Å². The van der Waals surface area contributed by atoms with Crippen LogP contribution in [0.25, 0.3) is 0 Å². The number of likely N-dealkylation sites (tertiary alicyclic amines) is 1. The molecule has 1 heterocycles. The minimum atomic E-state index is 0.757. The molecule has 1 saturated heterocycles. The van der Waals surface area contributed by atoms with E-state index in [9.17, 15) is 0 Å². The molecule has 1 aliphatic heterocycles. The molecule has 0 unspecified atom stereocenters. The maximum absolute atomic E-state index is 2.57. The van der Waals surface area contributed by atoms with Gasteiger partial charge in [0.25, 0.3) is 0 Å². The fourth-order valence-electron chi connectivity index (χ4n) is 1.54. The quantitative estimate of drug-likeness (QED) is 0.651. The fourth-order valence-corrected chi connectivity index (χ4v) is 1.54. The van der Waals surface area contributed by atoms with Gasteiger partial charge in [0.1, 0.15) is 0 Å². The van der Waals surface area contributed by atoms with E-state index >= 15 is 0 Å². The third-order valence-electron chi connectivity index (χ3n) is 3.05. The number of nitrogens with zero attached hydrogens (tertiary/aromatic N) is 1. The molecule has 0 spiro atoms. The van der Waals surface area contributed by atoms with Gasteiger partial charge >= 0.3 is 0 Å². The molecular formula is C13H29N. The Hall–Kier alpha value is -0.0400. The van der Waals surface area contributed by atoms with Gasteiger partial charge in [-0.05, 0) is 45.7 Å². The summed E-state index contributed by atoms with van der Waals surface area (Å²) in [5.41, 5.74) is 0. The summed E-state index contributed by atoms with van der Waals surface area (Å²) in [6, 6.07) is 0.757. The summed E-state index contributed by atoms with van der Waals surface area (Å²) in [5.74, 6) is 0.968. The zero-order valence-electron chi connectivity index (χ0n) is 10.8. The first kappa shape index (κ1) is 14.0. The van der Waals surface area contributed by atoms with Gasteiger partial charge in [0.2, 0.25) is 0 Å². The molecule has 1 fully saturated rings. The summed E-state index contributed by atoms with van der Waals surface area (Å²) in [4.78, 5) is 2.57. The van der Waals surface area contributed by atoms with Crippen LogP contribution in [0.2, 0.25) is 0 Å². The lowest BCUT2D eigenvalue weighted by Gasteiger charge is -2.33. The maximum Gasteiger partial charge on any atom is 0.00385 e. The Kier molecular flexibility index (Phi) is 8.26. The molecule has 1 nitrogen and oxygen atoms in total. The molecule has 0 amide bonds. The predicted molar refractivity (Wildman–Crippen MR) is 65.7 cm³/mol. The van der Waals surface area contributed by atoms with Crippen molar-refractivity contribution in [2.45, 2.75) is 66.3 Å². The van der Waals surface area contributed by atoms with Crippen molar-refractivity contribution >= 4 is 0 Å². The fraction of sp³-hybridized carbons (Fsp3) is 1.00. The van der Waals surface area contributed by atoms with E-state index in [1.165, 1.54) is 38.8 Å². The summed E-state index contributed by atoms with van der Waals surface area (Å²) in [7, 11) is 0. The number of unbranched alkanes of at least 4 members (excludes halogenated alkanes) is 1. The van der Waals surface area contributed by atoms with Gasteiger partial charge < -0.3 is 4.90 Å². The first-order valence-corrected chi connectivity index (χ1v) is 6.35. The highest BCUT2D eigenvalue weighted by atomic mass is 15.1. The lowest BCUT2D eigenvalue weighted by atomic mass is 9.98. The van der Waals surface area contributed by atoms with Crippen molar-refractivity contribution in [3.63, 3.8) is 0 Å². The van der Waals surface area contributed by atoms with Crippen molar-refractivity contribution in [1.82, 2.24) is 4.90 Å². The van der Waals surface area contributed by atoms with Gasteiger partial charge in [0.15, 0.2) is 0 Å². The summed E-state index contributed by atoms with van der Waals surface area (Å²) < 4.78 is 0. The van der Waals surface area contributed by atoms with Crippen molar-refractivity contribution in [3.05, 3.63) is 0 Å². The maximum atomic E-state index is 2.57. The van der Waals surface area contributed by atoms with Crippen LogP contribution < -0.4 is 0 Å². The Bertz CT molecular complexity index is 110. The van der Waals surface area contributed by atoms with Crippen LogP contribution in [0.5, 0.6) is 0 Å². The lowest BCUT2D eigenvalue weighted by molar-refractivity contribution is 0.156. The van der Waals surface area contributed by atoms with Crippen LogP contribution in [0.3, 0.4) is 0 Å². The number of hydrogen-bond acceptors (Lipinski definition) is 1. The predicted octanol–water partition coefficient (Wildman–Crippen LogP) is 3.93. The Labute approximate surface area is 90.9 Å². The molecule has 0 N–H and O–H groups in total. The second-order valence-corrected chi connectivity index (χ2v) is 4.81. The minimum Gasteiger partial charge on any atom is -0.301 e. The number of piperidine rings is 1. The van der Waals surface area contributed by atoms with E-state index in [1.54, 1.807) is 0 Å². The molecule has 0 bridgehead atoms. The highest BCUT2D eigenvalue weighted by molar-refractivity contribution is 4.71. The monoisotopic (exact) mass is 199 g/mol. The van der Waals surface area contributed by atoms with Gasteiger partial charge in [-0.1, -0.05) is 33.6 Å². The van der Waals surface area contributed by atoms with Crippen molar-refractivity contribution in [2.75, 3.05) is 13.1 Å². The Morgan fingerprint density at radius 1 is 1.07 bits per heavy atom. The first-order valence-electron chi connectivity index (χ1n) is 6.35. The van der Waals surface area contributed by atoms with Crippen LogP contribution in [0.15, 0.2) is 0 Å². The highest BCUT2D eigenvalue weighted by Gasteiger charge is 2.16. The van der Waals surface area contributed by atoms with E-state index in [4.69, 9.17) is 0 Å². The third kappa shape index (κ3) is 6.42. The summed E-state index contributed by atoms with van der Waals surface area (Å²) in [6.07, 6.45) is 5.44. The summed E-state index contributed by atoms with van der Waals surface area (Å²) in [5, 5.41) is 0. The molecular weight excluding hydrogens is 170 g/mol. The third-order valence-corrected chi connectivity index (χ3v) is 3.05. The molecule has 0 radical (unpaired) electrons. The molecule has 1 heteroatoms. The topological polar surface area (TPSA) is 3.24 Å². The average molecular weight is 199 g/mol. The molecule has 0 aromatic carbocycles. The van der Waals surface area contributed by atoms with Gasteiger partial charge in [-0.25, -0.2) is 0 Å². The van der Waals surface area contributed by atoms with Crippen LogP contribution in [-0.2, 0) is 0 Å². The molecule has 0 atom stereocenters. The van der Waals surface area contributed by atoms with Gasteiger partial charge in [-0.2, -0.15) is 0 Å². The minimum absolute atomic E-state index is 0.757. The van der Waals surface area contributed by atoms with Crippen LogP contribution >= 0.6 is 0 Å². The van der Waals surface area contributed by atoms with Gasteiger partial charge in [0, 0.05) is 6.04 Å². The van der Waals surface area contributed by atoms with Crippen molar-refractivity contribution in [1.29, 1.82) is 0 Å². The SMILES string of the molecule is CC1CCN(C(C)C)CC1.CCCC. The number of rotatable bonds is 2. The molecule has 1 rings (SSSR count). The zero-order chi connectivity index (χ0) is 11.0. The molecule has 0 saturated carbocycles. The zero-order valence-corrected chi connectivity index (χ0v) is 10.8. The van der Waals surface area contributed by atoms with E-state index in [-0.39, 0.29) is 0 Å². The normalized spacial score (nSPS) is 19.3. The van der Waals surface area contributed by atoms with Gasteiger partial charge in [0.05, 0.1) is 0 Å². The van der Waals surface area contributed by atoms with E-state index in [0.29, 0.717) is 0 Å². The van der Waals surface area contributed by atoms with E-state index in [2.05, 4.69) is 39.5 Å². The first-order chi connectivity index (χ1) is 6.61. The molecule has 86 valence electrons. The standard InChI is InChI=1S/C9H19N.C4H10/c1-8(2)10-6-4-9(3)5-7-10;1-3-4-2/h8-9H,4-7H2,1-3H3;3-4H2,1-2H3. The average Bonchev–Trinajstić information content (AvgIpc) is 2.19. The van der Waals surface area contributed by atoms with Crippen LogP contribution in [-0.4, -0.2) is 24.0 Å². The molecule has 14 heavy (non-hydrogen) atoms. The van der Waals surface area contributed by atoms with Crippen molar-refractivity contribution in [3.8, 4) is 0 Å². The molecule has 0 aromatic heterocycles. The lowest BCUT2D eigenvalue weighted by Crippen LogP contribution is -2.37. The number of hydrogen-bond donors (Lipinski definition) is 0. The Morgan fingerprint density at radius 3 is 1.79 bits per heavy atom. The second kappa shape index (κ2) is 8.28. The van der Waals surface area contributed by atoms with E-state index < -0.39 is 0 Å². The summed E-state index contributed by atoms with van der Waals surface area (Å²) >= 11 is 0. The van der Waals surface area contributed by atoms with Crippen LogP contribution in [0.4, 0.5) is 0 Å². The van der Waals surface area contributed by atoms with Crippen LogP contribution in [0, 0.1) is 5.92 Å². The van der Waals surface area contributed by atoms with Gasteiger partial charge in [-0.15, -0.1) is 0 Å². The molecule has 0 aliphatic carbocycles. The van der Waals surface area contributed by atoms with Gasteiger partial charge in [-0.3, -0.25) is 0 Å². The Morgan fingerprint density at radius 2 is 1.50 bits per heavy atom. The molecule has 0 aromatic rings. The Balaban J connectivity index is 0.000000364. The molecule has 1 aliphatic rings. The van der Waals surface area contributed by atoms with Crippen LogP contribution in [0.1, 0.15) is 60.3 Å². The van der Waals surface area contributed by atoms with E-state index in [1.807, 2.05) is 0 Å². The highest BCUT2D eigenvalue weighted by Crippen LogP contribution is 2.17. The second-order valence-electron chi connectivity index (χ2n) is 4.81. The van der Waals surface area contributed by atoms with Crippen molar-refractivity contribution < 1.29 is 0 Å². The van der Waals surface area contributed by atoms with E-state index in [0.717, 1.165) is 12.0 Å².